The Morgan fingerprint density at radius 3 is 2.57 bits per heavy atom. The largest absolute Gasteiger partial charge is 0.397 e. The third kappa shape index (κ3) is 3.30. The lowest BCUT2D eigenvalue weighted by Crippen LogP contribution is -2.46. The first-order chi connectivity index (χ1) is 9.63. The van der Waals surface area contributed by atoms with E-state index < -0.39 is 15.6 Å². The van der Waals surface area contributed by atoms with Crippen LogP contribution in [-0.2, 0) is 10.0 Å². The second kappa shape index (κ2) is 5.47. The van der Waals surface area contributed by atoms with Crippen LogP contribution >= 0.6 is 0 Å². The molecule has 7 heteroatoms. The molecule has 6 nitrogen and oxygen atoms in total. The average Bonchev–Trinajstić information content (AvgIpc) is 2.37. The van der Waals surface area contributed by atoms with Crippen molar-refractivity contribution in [3.05, 3.63) is 18.2 Å². The SMILES string of the molecule is CN(C)S(=O)(=O)c1ccc(N2CCCC(C)(O)C2)c(N)c1. The summed E-state index contributed by atoms with van der Waals surface area (Å²) in [6.07, 6.45) is 1.64. The number of hydrogen-bond acceptors (Lipinski definition) is 5. The minimum Gasteiger partial charge on any atom is -0.397 e. The molecule has 1 aromatic carbocycles. The smallest absolute Gasteiger partial charge is 0.242 e. The average molecular weight is 313 g/mol. The number of hydrogen-bond donors (Lipinski definition) is 2. The van der Waals surface area contributed by atoms with E-state index in [4.69, 9.17) is 5.73 Å². The van der Waals surface area contributed by atoms with Crippen LogP contribution in [0.5, 0.6) is 0 Å². The van der Waals surface area contributed by atoms with E-state index in [1.807, 2.05) is 4.90 Å². The zero-order valence-corrected chi connectivity index (χ0v) is 13.5. The zero-order chi connectivity index (χ0) is 15.8. The Bertz CT molecular complexity index is 626. The van der Waals surface area contributed by atoms with Crippen LogP contribution in [0.25, 0.3) is 0 Å². The topological polar surface area (TPSA) is 86.9 Å². The number of piperidine rings is 1. The number of nitrogen functional groups attached to an aromatic ring is 1. The molecular weight excluding hydrogens is 290 g/mol. The molecule has 0 bridgehead atoms. The standard InChI is InChI=1S/C14H23N3O3S/c1-14(18)7-4-8-17(10-14)13-6-5-11(9-12(13)15)21(19,20)16(2)3/h5-6,9,18H,4,7-8,10,15H2,1-3H3. The molecule has 0 spiro atoms. The summed E-state index contributed by atoms with van der Waals surface area (Å²) in [5.74, 6) is 0. The fourth-order valence-electron chi connectivity index (χ4n) is 2.62. The number of nitrogens with two attached hydrogens (primary N) is 1. The monoisotopic (exact) mass is 313 g/mol. The molecule has 1 heterocycles. The molecule has 0 aromatic heterocycles. The molecule has 2 rings (SSSR count). The van der Waals surface area contributed by atoms with E-state index in [-0.39, 0.29) is 4.90 Å². The molecule has 1 fully saturated rings. The lowest BCUT2D eigenvalue weighted by Gasteiger charge is -2.38. The first-order valence-corrected chi connectivity index (χ1v) is 8.37. The van der Waals surface area contributed by atoms with E-state index in [0.717, 1.165) is 29.4 Å². The van der Waals surface area contributed by atoms with Crippen LogP contribution in [0.3, 0.4) is 0 Å². The van der Waals surface area contributed by atoms with Crippen LogP contribution < -0.4 is 10.6 Å². The van der Waals surface area contributed by atoms with Gasteiger partial charge < -0.3 is 15.7 Å². The number of β-amino-alcohol motifs (C(OH)–C–C–N with tert-alkyl or cyclic N) is 1. The van der Waals surface area contributed by atoms with Crippen LogP contribution in [0, 0.1) is 0 Å². The van der Waals surface area contributed by atoms with E-state index in [1.165, 1.54) is 20.2 Å². The summed E-state index contributed by atoms with van der Waals surface area (Å²) in [6.45, 7) is 3.11. The zero-order valence-electron chi connectivity index (χ0n) is 12.7. The molecule has 1 atom stereocenters. The molecule has 3 N–H and O–H groups in total. The van der Waals surface area contributed by atoms with Gasteiger partial charge >= 0.3 is 0 Å². The van der Waals surface area contributed by atoms with Crippen molar-refractivity contribution in [1.29, 1.82) is 0 Å². The Hall–Kier alpha value is -1.31. The molecule has 1 aliphatic rings. The van der Waals surface area contributed by atoms with Crippen molar-refractivity contribution in [1.82, 2.24) is 4.31 Å². The first kappa shape index (κ1) is 16.1. The molecule has 118 valence electrons. The quantitative estimate of drug-likeness (QED) is 0.809. The maximum absolute atomic E-state index is 12.1. The van der Waals surface area contributed by atoms with E-state index in [0.29, 0.717) is 12.2 Å². The Labute approximate surface area is 126 Å². The van der Waals surface area contributed by atoms with Crippen molar-refractivity contribution in [3.8, 4) is 0 Å². The number of anilines is 2. The number of aliphatic hydroxyl groups is 1. The van der Waals surface area contributed by atoms with Crippen LogP contribution in [-0.4, -0.2) is 50.6 Å². The Balaban J connectivity index is 2.32. The summed E-state index contributed by atoms with van der Waals surface area (Å²) in [5.41, 5.74) is 6.48. The molecule has 1 saturated heterocycles. The fraction of sp³-hybridized carbons (Fsp3) is 0.571. The fourth-order valence-corrected chi connectivity index (χ4v) is 3.56. The van der Waals surface area contributed by atoms with E-state index in [1.54, 1.807) is 19.1 Å². The Morgan fingerprint density at radius 1 is 1.38 bits per heavy atom. The van der Waals surface area contributed by atoms with E-state index in [9.17, 15) is 13.5 Å². The molecule has 21 heavy (non-hydrogen) atoms. The lowest BCUT2D eigenvalue weighted by molar-refractivity contribution is 0.0450. The minimum absolute atomic E-state index is 0.178. The molecule has 1 aromatic rings. The molecule has 0 saturated carbocycles. The molecule has 1 aliphatic heterocycles. The van der Waals surface area contributed by atoms with E-state index >= 15 is 0 Å². The summed E-state index contributed by atoms with van der Waals surface area (Å²) in [7, 11) is -0.510. The van der Waals surface area contributed by atoms with Gasteiger partial charge in [-0.1, -0.05) is 0 Å². The summed E-state index contributed by atoms with van der Waals surface area (Å²) >= 11 is 0. The third-order valence-electron chi connectivity index (χ3n) is 3.79. The van der Waals surface area contributed by atoms with Gasteiger partial charge in [-0.05, 0) is 38.0 Å². The molecule has 0 amide bonds. The van der Waals surface area contributed by atoms with Gasteiger partial charge in [-0.2, -0.15) is 0 Å². The van der Waals surface area contributed by atoms with Gasteiger partial charge in [0, 0.05) is 27.2 Å². The summed E-state index contributed by atoms with van der Waals surface area (Å²) in [5, 5.41) is 10.2. The maximum Gasteiger partial charge on any atom is 0.242 e. The maximum atomic E-state index is 12.1. The van der Waals surface area contributed by atoms with Gasteiger partial charge in [-0.25, -0.2) is 12.7 Å². The predicted octanol–water partition coefficient (Wildman–Crippen LogP) is 0.870. The highest BCUT2D eigenvalue weighted by atomic mass is 32.2. The van der Waals surface area contributed by atoms with Gasteiger partial charge in [-0.3, -0.25) is 0 Å². The summed E-state index contributed by atoms with van der Waals surface area (Å²) < 4.78 is 25.3. The highest BCUT2D eigenvalue weighted by molar-refractivity contribution is 7.89. The van der Waals surface area contributed by atoms with Gasteiger partial charge in [0.2, 0.25) is 10.0 Å². The predicted molar refractivity (Wildman–Crippen MR) is 83.8 cm³/mol. The lowest BCUT2D eigenvalue weighted by atomic mass is 9.94. The number of sulfonamides is 1. The van der Waals surface area contributed by atoms with Crippen LogP contribution in [0.15, 0.2) is 23.1 Å². The highest BCUT2D eigenvalue weighted by Crippen LogP contribution is 2.31. The van der Waals surface area contributed by atoms with Gasteiger partial charge in [0.15, 0.2) is 0 Å². The molecular formula is C14H23N3O3S. The molecule has 1 unspecified atom stereocenters. The van der Waals surface area contributed by atoms with Crippen molar-refractivity contribution in [2.45, 2.75) is 30.3 Å². The Kier molecular flexibility index (Phi) is 4.19. The second-order valence-corrected chi connectivity index (χ2v) is 8.18. The van der Waals surface area contributed by atoms with Crippen molar-refractivity contribution < 1.29 is 13.5 Å². The van der Waals surface area contributed by atoms with Gasteiger partial charge in [0.1, 0.15) is 0 Å². The van der Waals surface area contributed by atoms with Crippen molar-refractivity contribution in [2.75, 3.05) is 37.8 Å². The molecule has 0 aliphatic carbocycles. The minimum atomic E-state index is -3.48. The number of nitrogens with zero attached hydrogens (tertiary/aromatic N) is 2. The normalized spacial score (nSPS) is 23.6. The highest BCUT2D eigenvalue weighted by Gasteiger charge is 2.29. The summed E-state index contributed by atoms with van der Waals surface area (Å²) in [6, 6.07) is 4.76. The van der Waals surface area contributed by atoms with Gasteiger partial charge in [0.25, 0.3) is 0 Å². The third-order valence-corrected chi connectivity index (χ3v) is 5.60. The van der Waals surface area contributed by atoms with Crippen LogP contribution in [0.2, 0.25) is 0 Å². The number of rotatable bonds is 3. The van der Waals surface area contributed by atoms with Crippen LogP contribution in [0.4, 0.5) is 11.4 Å². The van der Waals surface area contributed by atoms with Crippen molar-refractivity contribution in [3.63, 3.8) is 0 Å². The summed E-state index contributed by atoms with van der Waals surface area (Å²) in [4.78, 5) is 2.18. The number of benzene rings is 1. The second-order valence-electron chi connectivity index (χ2n) is 6.03. The van der Waals surface area contributed by atoms with E-state index in [2.05, 4.69) is 0 Å². The van der Waals surface area contributed by atoms with Crippen LogP contribution in [0.1, 0.15) is 19.8 Å². The van der Waals surface area contributed by atoms with Crippen molar-refractivity contribution >= 4 is 21.4 Å². The first-order valence-electron chi connectivity index (χ1n) is 6.93. The Morgan fingerprint density at radius 2 is 2.05 bits per heavy atom. The van der Waals surface area contributed by atoms with Gasteiger partial charge in [0.05, 0.1) is 21.9 Å². The van der Waals surface area contributed by atoms with Gasteiger partial charge in [-0.15, -0.1) is 0 Å². The van der Waals surface area contributed by atoms with Crippen molar-refractivity contribution in [2.24, 2.45) is 0 Å². The molecule has 0 radical (unpaired) electrons.